The highest BCUT2D eigenvalue weighted by molar-refractivity contribution is 5.85. The van der Waals surface area contributed by atoms with Gasteiger partial charge in [0, 0.05) is 6.04 Å². The quantitative estimate of drug-likeness (QED) is 0.858. The summed E-state index contributed by atoms with van der Waals surface area (Å²) in [7, 11) is 0. The average Bonchev–Trinajstić information content (AvgIpc) is 2.25. The van der Waals surface area contributed by atoms with Crippen molar-refractivity contribution in [3.63, 3.8) is 0 Å². The molecular formula is C12H16ClNO3. The van der Waals surface area contributed by atoms with Gasteiger partial charge in [-0.15, -0.1) is 12.4 Å². The van der Waals surface area contributed by atoms with E-state index in [0.29, 0.717) is 5.75 Å². The van der Waals surface area contributed by atoms with E-state index in [2.05, 4.69) is 0 Å². The Labute approximate surface area is 106 Å². The van der Waals surface area contributed by atoms with Crippen LogP contribution in [0, 0.1) is 0 Å². The van der Waals surface area contributed by atoms with Crippen LogP contribution in [0.5, 0.6) is 5.75 Å². The standard InChI is InChI=1S/C12H15NO3.ClH/c13-10-3-1-8-2-4-11(6-9(8)5-10)16-7-12(14)15;/h2,4,6,10H,1,3,5,7,13H2,(H,14,15);1H. The Morgan fingerprint density at radius 2 is 2.24 bits per heavy atom. The minimum absolute atomic E-state index is 0. The molecule has 3 N–H and O–H groups in total. The third-order valence-electron chi connectivity index (χ3n) is 2.81. The molecule has 0 saturated heterocycles. The van der Waals surface area contributed by atoms with E-state index in [4.69, 9.17) is 15.6 Å². The van der Waals surface area contributed by atoms with Crippen LogP contribution in [-0.2, 0) is 17.6 Å². The van der Waals surface area contributed by atoms with Gasteiger partial charge in [0.25, 0.3) is 0 Å². The lowest BCUT2D eigenvalue weighted by molar-refractivity contribution is -0.139. The number of carboxylic acids is 1. The van der Waals surface area contributed by atoms with Crippen LogP contribution in [0.25, 0.3) is 0 Å². The zero-order valence-electron chi connectivity index (χ0n) is 9.39. The van der Waals surface area contributed by atoms with Crippen molar-refractivity contribution in [3.05, 3.63) is 29.3 Å². The van der Waals surface area contributed by atoms with Gasteiger partial charge >= 0.3 is 5.97 Å². The number of hydrogen-bond donors (Lipinski definition) is 2. The fourth-order valence-electron chi connectivity index (χ4n) is 2.00. The van der Waals surface area contributed by atoms with E-state index in [9.17, 15) is 4.79 Å². The molecule has 0 saturated carbocycles. The topological polar surface area (TPSA) is 72.5 Å². The molecule has 17 heavy (non-hydrogen) atoms. The van der Waals surface area contributed by atoms with Crippen molar-refractivity contribution in [2.45, 2.75) is 25.3 Å². The zero-order valence-corrected chi connectivity index (χ0v) is 10.2. The predicted octanol–water partition coefficient (Wildman–Crippen LogP) is 1.39. The first-order chi connectivity index (χ1) is 7.65. The number of fused-ring (bicyclic) bond motifs is 1. The molecule has 0 fully saturated rings. The van der Waals surface area contributed by atoms with Gasteiger partial charge in [-0.3, -0.25) is 0 Å². The molecule has 0 radical (unpaired) electrons. The highest BCUT2D eigenvalue weighted by Crippen LogP contribution is 2.24. The number of benzene rings is 1. The number of aryl methyl sites for hydroxylation is 1. The molecule has 0 bridgehead atoms. The summed E-state index contributed by atoms with van der Waals surface area (Å²) in [5.74, 6) is -0.357. The van der Waals surface area contributed by atoms with Gasteiger partial charge in [0.2, 0.25) is 0 Å². The van der Waals surface area contributed by atoms with Gasteiger partial charge in [0.1, 0.15) is 5.75 Å². The van der Waals surface area contributed by atoms with Gasteiger partial charge in [-0.05, 0) is 42.5 Å². The largest absolute Gasteiger partial charge is 0.482 e. The van der Waals surface area contributed by atoms with E-state index in [1.165, 1.54) is 11.1 Å². The van der Waals surface area contributed by atoms with Gasteiger partial charge in [0.15, 0.2) is 6.61 Å². The summed E-state index contributed by atoms with van der Waals surface area (Å²) in [4.78, 5) is 10.4. The number of halogens is 1. The van der Waals surface area contributed by atoms with Crippen molar-refractivity contribution in [2.24, 2.45) is 5.73 Å². The summed E-state index contributed by atoms with van der Waals surface area (Å²) in [5, 5.41) is 8.51. The number of nitrogens with two attached hydrogens (primary N) is 1. The summed E-state index contributed by atoms with van der Waals surface area (Å²) in [6.07, 6.45) is 2.86. The molecule has 0 heterocycles. The maximum Gasteiger partial charge on any atom is 0.341 e. The minimum atomic E-state index is -0.963. The third-order valence-corrected chi connectivity index (χ3v) is 2.81. The lowest BCUT2D eigenvalue weighted by Gasteiger charge is -2.21. The highest BCUT2D eigenvalue weighted by Gasteiger charge is 2.15. The number of carboxylic acid groups (broad SMARTS) is 1. The Bertz CT molecular complexity index is 409. The SMILES string of the molecule is Cl.NC1CCc2ccc(OCC(=O)O)cc2C1. The predicted molar refractivity (Wildman–Crippen MR) is 66.8 cm³/mol. The fourth-order valence-corrected chi connectivity index (χ4v) is 2.00. The van der Waals surface area contributed by atoms with E-state index in [1.54, 1.807) is 0 Å². The first-order valence-electron chi connectivity index (χ1n) is 5.37. The van der Waals surface area contributed by atoms with Crippen molar-refractivity contribution in [1.29, 1.82) is 0 Å². The van der Waals surface area contributed by atoms with Crippen LogP contribution in [0.4, 0.5) is 0 Å². The molecule has 1 aromatic carbocycles. The van der Waals surface area contributed by atoms with Crippen molar-refractivity contribution in [2.75, 3.05) is 6.61 Å². The van der Waals surface area contributed by atoms with E-state index in [-0.39, 0.29) is 25.1 Å². The number of rotatable bonds is 3. The molecule has 94 valence electrons. The molecule has 0 amide bonds. The van der Waals surface area contributed by atoms with Crippen molar-refractivity contribution >= 4 is 18.4 Å². The number of aliphatic carboxylic acids is 1. The molecule has 1 aromatic rings. The van der Waals surface area contributed by atoms with E-state index in [1.807, 2.05) is 18.2 Å². The smallest absolute Gasteiger partial charge is 0.341 e. The maximum absolute atomic E-state index is 10.4. The third kappa shape index (κ3) is 3.61. The fraction of sp³-hybridized carbons (Fsp3) is 0.417. The molecule has 0 aliphatic heterocycles. The number of carbonyl (C=O) groups is 1. The van der Waals surface area contributed by atoms with Crippen LogP contribution in [0.15, 0.2) is 18.2 Å². The lowest BCUT2D eigenvalue weighted by Crippen LogP contribution is -2.27. The average molecular weight is 258 g/mol. The monoisotopic (exact) mass is 257 g/mol. The van der Waals surface area contributed by atoms with E-state index < -0.39 is 5.97 Å². The molecule has 0 aromatic heterocycles. The van der Waals surface area contributed by atoms with Crippen LogP contribution < -0.4 is 10.5 Å². The Morgan fingerprint density at radius 1 is 1.47 bits per heavy atom. The first-order valence-corrected chi connectivity index (χ1v) is 5.37. The lowest BCUT2D eigenvalue weighted by atomic mass is 9.89. The van der Waals surface area contributed by atoms with Gasteiger partial charge in [0.05, 0.1) is 0 Å². The molecule has 1 unspecified atom stereocenters. The summed E-state index contributed by atoms with van der Waals surface area (Å²) in [5.41, 5.74) is 8.36. The molecule has 1 atom stereocenters. The molecule has 5 heteroatoms. The Balaban J connectivity index is 0.00000144. The summed E-state index contributed by atoms with van der Waals surface area (Å²) < 4.78 is 5.13. The van der Waals surface area contributed by atoms with Crippen LogP contribution >= 0.6 is 12.4 Å². The second-order valence-electron chi connectivity index (χ2n) is 4.12. The van der Waals surface area contributed by atoms with Crippen molar-refractivity contribution in [1.82, 2.24) is 0 Å². The Kier molecular flexibility index (Phi) is 4.78. The van der Waals surface area contributed by atoms with Gasteiger partial charge in [-0.1, -0.05) is 6.07 Å². The normalized spacial score (nSPS) is 17.8. The van der Waals surface area contributed by atoms with Crippen LogP contribution in [-0.4, -0.2) is 23.7 Å². The van der Waals surface area contributed by atoms with Crippen LogP contribution in [0.3, 0.4) is 0 Å². The summed E-state index contributed by atoms with van der Waals surface area (Å²) in [6, 6.07) is 5.93. The van der Waals surface area contributed by atoms with E-state index in [0.717, 1.165) is 19.3 Å². The maximum atomic E-state index is 10.4. The van der Waals surface area contributed by atoms with Crippen molar-refractivity contribution in [3.8, 4) is 5.75 Å². The molecule has 0 spiro atoms. The Morgan fingerprint density at radius 3 is 2.94 bits per heavy atom. The first kappa shape index (κ1) is 13.8. The summed E-state index contributed by atoms with van der Waals surface area (Å²) >= 11 is 0. The number of hydrogen-bond acceptors (Lipinski definition) is 3. The highest BCUT2D eigenvalue weighted by atomic mass is 35.5. The molecule has 4 nitrogen and oxygen atoms in total. The second-order valence-corrected chi connectivity index (χ2v) is 4.12. The van der Waals surface area contributed by atoms with E-state index >= 15 is 0 Å². The molecule has 2 rings (SSSR count). The van der Waals surface area contributed by atoms with Gasteiger partial charge < -0.3 is 15.6 Å². The summed E-state index contributed by atoms with van der Waals surface area (Å²) in [6.45, 7) is -0.301. The van der Waals surface area contributed by atoms with Crippen LogP contribution in [0.1, 0.15) is 17.5 Å². The number of ether oxygens (including phenoxy) is 1. The van der Waals surface area contributed by atoms with Gasteiger partial charge in [-0.2, -0.15) is 0 Å². The Hall–Kier alpha value is -1.26. The zero-order chi connectivity index (χ0) is 11.5. The molecule has 1 aliphatic rings. The molecule has 1 aliphatic carbocycles. The van der Waals surface area contributed by atoms with Crippen LogP contribution in [0.2, 0.25) is 0 Å². The van der Waals surface area contributed by atoms with Crippen molar-refractivity contribution < 1.29 is 14.6 Å². The van der Waals surface area contributed by atoms with Gasteiger partial charge in [-0.25, -0.2) is 4.79 Å². The molecular weight excluding hydrogens is 242 g/mol. The second kappa shape index (κ2) is 5.89. The minimum Gasteiger partial charge on any atom is -0.482 e.